The Morgan fingerprint density at radius 2 is 1.76 bits per heavy atom. The Hall–Kier alpha value is -3.32. The number of carbonyl (C=O) groups is 1. The van der Waals surface area contributed by atoms with Crippen molar-refractivity contribution in [2.24, 2.45) is 0 Å². The lowest BCUT2D eigenvalue weighted by Crippen LogP contribution is -2.29. The number of anilines is 2. The third-order valence-corrected chi connectivity index (χ3v) is 6.12. The molecule has 4 rings (SSSR count). The summed E-state index contributed by atoms with van der Waals surface area (Å²) in [6.07, 6.45) is 4.05. The van der Waals surface area contributed by atoms with E-state index in [1.807, 2.05) is 6.07 Å². The van der Waals surface area contributed by atoms with Crippen molar-refractivity contribution in [3.05, 3.63) is 71.0 Å². The quantitative estimate of drug-likeness (QED) is 0.279. The highest BCUT2D eigenvalue weighted by Gasteiger charge is 2.22. The fourth-order valence-electron chi connectivity index (χ4n) is 4.50. The molecule has 0 spiro atoms. The first-order valence-electron chi connectivity index (χ1n) is 11.0. The number of likely N-dealkylation sites (tertiary alicyclic amines) is 1. The summed E-state index contributed by atoms with van der Waals surface area (Å²) in [6.45, 7) is 2.67. The fourth-order valence-corrected chi connectivity index (χ4v) is 4.50. The Bertz CT molecular complexity index is 1190. The second-order valence-corrected chi connectivity index (χ2v) is 8.34. The molecule has 1 heterocycles. The maximum Gasteiger partial charge on any atom is 0.170 e. The first-order chi connectivity index (χ1) is 15.9. The standard InChI is InChI=1S/C26H26F3N3O/c1-31-26-19(15-33)11-18(12-22(26)30)20-13-21(27)23(25(29)24(20)28)17-7-5-6-16(10-17)14-32-8-3-2-4-9-32/h5-7,10-13,15,31H,2-4,8-9,14,30H2,1H3. The SMILES string of the molecule is CNc1c(N)cc(-c2cc(F)c(-c3cccc(CN4CCCCC4)c3)c(F)c2F)cc1C=O. The van der Waals surface area contributed by atoms with Gasteiger partial charge in [-0.2, -0.15) is 0 Å². The molecule has 0 unspecified atom stereocenters. The zero-order valence-corrected chi connectivity index (χ0v) is 18.4. The number of carbonyl (C=O) groups excluding carboxylic acids is 1. The highest BCUT2D eigenvalue weighted by Crippen LogP contribution is 2.37. The minimum atomic E-state index is -1.27. The van der Waals surface area contributed by atoms with Crippen molar-refractivity contribution in [1.82, 2.24) is 4.90 Å². The highest BCUT2D eigenvalue weighted by molar-refractivity contribution is 5.93. The summed E-state index contributed by atoms with van der Waals surface area (Å²) in [5, 5.41) is 2.79. The second-order valence-electron chi connectivity index (χ2n) is 8.34. The van der Waals surface area contributed by atoms with Crippen molar-refractivity contribution >= 4 is 17.7 Å². The average Bonchev–Trinajstić information content (AvgIpc) is 2.82. The van der Waals surface area contributed by atoms with Gasteiger partial charge >= 0.3 is 0 Å². The lowest BCUT2D eigenvalue weighted by Gasteiger charge is -2.26. The topological polar surface area (TPSA) is 58.4 Å². The van der Waals surface area contributed by atoms with E-state index >= 15 is 13.2 Å². The van der Waals surface area contributed by atoms with E-state index in [1.165, 1.54) is 18.6 Å². The van der Waals surface area contributed by atoms with E-state index in [0.29, 0.717) is 18.5 Å². The van der Waals surface area contributed by atoms with Crippen LogP contribution in [0, 0.1) is 17.5 Å². The van der Waals surface area contributed by atoms with Crippen molar-refractivity contribution in [2.45, 2.75) is 25.8 Å². The molecule has 172 valence electrons. The van der Waals surface area contributed by atoms with Crippen LogP contribution in [-0.2, 0) is 6.54 Å². The Morgan fingerprint density at radius 3 is 2.45 bits per heavy atom. The first kappa shape index (κ1) is 22.9. The highest BCUT2D eigenvalue weighted by atomic mass is 19.2. The summed E-state index contributed by atoms with van der Waals surface area (Å²) >= 11 is 0. The third kappa shape index (κ3) is 4.59. The molecule has 0 atom stereocenters. The molecule has 0 bridgehead atoms. The maximum atomic E-state index is 15.2. The van der Waals surface area contributed by atoms with Crippen LogP contribution in [0.1, 0.15) is 35.2 Å². The van der Waals surface area contributed by atoms with Gasteiger partial charge in [-0.3, -0.25) is 9.69 Å². The van der Waals surface area contributed by atoms with Gasteiger partial charge in [-0.25, -0.2) is 13.2 Å². The van der Waals surface area contributed by atoms with Crippen LogP contribution in [0.15, 0.2) is 42.5 Å². The number of nitrogens with zero attached hydrogens (tertiary/aromatic N) is 1. The summed E-state index contributed by atoms with van der Waals surface area (Å²) in [6, 6.07) is 10.6. The molecule has 0 radical (unpaired) electrons. The fraction of sp³-hybridized carbons (Fsp3) is 0.269. The number of nitrogens with one attached hydrogen (secondary N) is 1. The second kappa shape index (κ2) is 9.67. The van der Waals surface area contributed by atoms with E-state index in [9.17, 15) is 4.79 Å². The number of nitrogens with two attached hydrogens (primary N) is 1. The van der Waals surface area contributed by atoms with E-state index in [0.717, 1.165) is 37.6 Å². The van der Waals surface area contributed by atoms with Crippen molar-refractivity contribution in [2.75, 3.05) is 31.2 Å². The van der Waals surface area contributed by atoms with Gasteiger partial charge in [-0.05, 0) is 66.9 Å². The van der Waals surface area contributed by atoms with Gasteiger partial charge < -0.3 is 11.1 Å². The van der Waals surface area contributed by atoms with Crippen molar-refractivity contribution < 1.29 is 18.0 Å². The molecule has 33 heavy (non-hydrogen) atoms. The van der Waals surface area contributed by atoms with Gasteiger partial charge in [0.1, 0.15) is 5.82 Å². The van der Waals surface area contributed by atoms with Crippen LogP contribution in [0.3, 0.4) is 0 Å². The van der Waals surface area contributed by atoms with E-state index in [2.05, 4.69) is 10.2 Å². The molecule has 0 amide bonds. The van der Waals surface area contributed by atoms with Crippen molar-refractivity contribution in [3.63, 3.8) is 0 Å². The van der Waals surface area contributed by atoms with Gasteiger partial charge in [0.2, 0.25) is 0 Å². The zero-order chi connectivity index (χ0) is 23.5. The predicted molar refractivity (Wildman–Crippen MR) is 126 cm³/mol. The number of piperidine rings is 1. The minimum absolute atomic E-state index is 0.120. The van der Waals surface area contributed by atoms with Gasteiger partial charge in [-0.1, -0.05) is 24.6 Å². The largest absolute Gasteiger partial charge is 0.397 e. The minimum Gasteiger partial charge on any atom is -0.397 e. The molecule has 4 nitrogen and oxygen atoms in total. The van der Waals surface area contributed by atoms with E-state index < -0.39 is 23.0 Å². The number of hydrogen-bond acceptors (Lipinski definition) is 4. The summed E-state index contributed by atoms with van der Waals surface area (Å²) in [5.74, 6) is -3.35. The van der Waals surface area contributed by atoms with Gasteiger partial charge in [0, 0.05) is 24.7 Å². The van der Waals surface area contributed by atoms with Crippen molar-refractivity contribution in [3.8, 4) is 22.3 Å². The number of nitrogen functional groups attached to an aromatic ring is 1. The van der Waals surface area contributed by atoms with Crippen LogP contribution < -0.4 is 11.1 Å². The van der Waals surface area contributed by atoms with Gasteiger partial charge in [-0.15, -0.1) is 0 Å². The molecule has 0 aliphatic carbocycles. The van der Waals surface area contributed by atoms with Crippen LogP contribution >= 0.6 is 0 Å². The number of hydrogen-bond donors (Lipinski definition) is 2. The maximum absolute atomic E-state index is 15.2. The average molecular weight is 454 g/mol. The Labute approximate surface area is 191 Å². The van der Waals surface area contributed by atoms with Gasteiger partial charge in [0.25, 0.3) is 0 Å². The molecule has 0 saturated carbocycles. The molecule has 7 heteroatoms. The number of aldehydes is 1. The molecule has 1 aliphatic heterocycles. The van der Waals surface area contributed by atoms with E-state index in [1.54, 1.807) is 25.2 Å². The van der Waals surface area contributed by atoms with Crippen LogP contribution in [-0.4, -0.2) is 31.3 Å². The third-order valence-electron chi connectivity index (χ3n) is 6.12. The van der Waals surface area contributed by atoms with Gasteiger partial charge in [0.05, 0.1) is 16.9 Å². The van der Waals surface area contributed by atoms with Crippen molar-refractivity contribution in [1.29, 1.82) is 0 Å². The number of rotatable bonds is 6. The van der Waals surface area contributed by atoms with Crippen LogP contribution in [0.5, 0.6) is 0 Å². The summed E-state index contributed by atoms with van der Waals surface area (Å²) < 4.78 is 45.5. The molecule has 3 N–H and O–H groups in total. The monoisotopic (exact) mass is 453 g/mol. The van der Waals surface area contributed by atoms with Crippen LogP contribution in [0.4, 0.5) is 24.5 Å². The first-order valence-corrected chi connectivity index (χ1v) is 11.0. The molecular weight excluding hydrogens is 427 g/mol. The lowest BCUT2D eigenvalue weighted by molar-refractivity contribution is 0.112. The van der Waals surface area contributed by atoms with E-state index in [-0.39, 0.29) is 27.9 Å². The van der Waals surface area contributed by atoms with E-state index in [4.69, 9.17) is 5.73 Å². The zero-order valence-electron chi connectivity index (χ0n) is 18.4. The molecule has 3 aromatic rings. The lowest BCUT2D eigenvalue weighted by atomic mass is 9.95. The molecule has 1 aliphatic rings. The molecule has 0 aromatic heterocycles. The predicted octanol–water partition coefficient (Wildman–Crippen LogP) is 5.86. The summed E-state index contributed by atoms with van der Waals surface area (Å²) in [5.41, 5.74) is 7.28. The Kier molecular flexibility index (Phi) is 6.70. The summed E-state index contributed by atoms with van der Waals surface area (Å²) in [7, 11) is 1.59. The van der Waals surface area contributed by atoms with Crippen LogP contribution in [0.25, 0.3) is 22.3 Å². The smallest absolute Gasteiger partial charge is 0.170 e. The Balaban J connectivity index is 1.73. The molecule has 1 saturated heterocycles. The molecule has 3 aromatic carbocycles. The Morgan fingerprint density at radius 1 is 1.00 bits per heavy atom. The number of benzene rings is 3. The molecular formula is C26H26F3N3O. The van der Waals surface area contributed by atoms with Crippen LogP contribution in [0.2, 0.25) is 0 Å². The normalized spacial score (nSPS) is 14.3. The number of halogens is 3. The molecule has 1 fully saturated rings. The van der Waals surface area contributed by atoms with Gasteiger partial charge in [0.15, 0.2) is 17.9 Å². The summed E-state index contributed by atoms with van der Waals surface area (Å²) in [4.78, 5) is 13.7.